The molecule has 2 aromatic carbocycles. The number of likely N-dealkylation sites (tertiary alicyclic amines) is 1. The van der Waals surface area contributed by atoms with Crippen LogP contribution in [0.5, 0.6) is 5.75 Å². The molecule has 0 bridgehead atoms. The topological polar surface area (TPSA) is 66.9 Å². The fraction of sp³-hybridized carbons (Fsp3) is 0.480. The number of hydrogen-bond acceptors (Lipinski definition) is 4. The Kier molecular flexibility index (Phi) is 7.34. The minimum atomic E-state index is -3.81. The van der Waals surface area contributed by atoms with Crippen molar-refractivity contribution >= 4 is 15.9 Å². The summed E-state index contributed by atoms with van der Waals surface area (Å²) in [6.45, 7) is 2.33. The zero-order chi connectivity index (χ0) is 23.3. The molecule has 6 nitrogen and oxygen atoms in total. The first-order valence-corrected chi connectivity index (χ1v) is 13.0. The fourth-order valence-corrected chi connectivity index (χ4v) is 6.36. The second-order valence-corrected chi connectivity index (χ2v) is 11.1. The first kappa shape index (κ1) is 23.7. The second-order valence-electron chi connectivity index (χ2n) is 9.12. The summed E-state index contributed by atoms with van der Waals surface area (Å²) in [5, 5.41) is 0. The van der Waals surface area contributed by atoms with E-state index in [1.165, 1.54) is 16.4 Å². The summed E-state index contributed by atoms with van der Waals surface area (Å²) in [6, 6.07) is 14.3. The van der Waals surface area contributed by atoms with Crippen molar-refractivity contribution in [3.05, 3.63) is 60.4 Å². The molecule has 2 fully saturated rings. The third kappa shape index (κ3) is 5.73. The monoisotopic (exact) mass is 474 g/mol. The molecule has 0 saturated carbocycles. The van der Waals surface area contributed by atoms with Crippen LogP contribution in [0.15, 0.2) is 59.5 Å². The first-order chi connectivity index (χ1) is 15.9. The van der Waals surface area contributed by atoms with Gasteiger partial charge in [0.05, 0.1) is 11.5 Å². The Morgan fingerprint density at radius 2 is 1.64 bits per heavy atom. The van der Waals surface area contributed by atoms with E-state index in [-0.39, 0.29) is 30.4 Å². The number of piperidine rings is 2. The number of para-hydroxylation sites is 1. The fourth-order valence-electron chi connectivity index (χ4n) is 4.77. The summed E-state index contributed by atoms with van der Waals surface area (Å²) in [6.07, 6.45) is 4.72. The van der Waals surface area contributed by atoms with Crippen molar-refractivity contribution in [2.45, 2.75) is 43.4 Å². The van der Waals surface area contributed by atoms with E-state index in [1.54, 1.807) is 0 Å². The van der Waals surface area contributed by atoms with Crippen molar-refractivity contribution in [1.29, 1.82) is 0 Å². The molecule has 4 rings (SSSR count). The van der Waals surface area contributed by atoms with Gasteiger partial charge in [-0.05, 0) is 68.5 Å². The highest BCUT2D eigenvalue weighted by atomic mass is 32.2. The van der Waals surface area contributed by atoms with Gasteiger partial charge in [-0.25, -0.2) is 12.8 Å². The van der Waals surface area contributed by atoms with Crippen LogP contribution in [0.4, 0.5) is 4.39 Å². The number of carbonyl (C=O) groups excluding carboxylic acids is 1. The molecule has 33 heavy (non-hydrogen) atoms. The van der Waals surface area contributed by atoms with Crippen LogP contribution >= 0.6 is 0 Å². The highest BCUT2D eigenvalue weighted by Gasteiger charge is 2.43. The van der Waals surface area contributed by atoms with E-state index >= 15 is 0 Å². The molecular weight excluding hydrogens is 443 g/mol. The first-order valence-electron chi connectivity index (χ1n) is 11.6. The summed E-state index contributed by atoms with van der Waals surface area (Å²) >= 11 is 0. The van der Waals surface area contributed by atoms with E-state index in [4.69, 9.17) is 4.74 Å². The summed E-state index contributed by atoms with van der Waals surface area (Å²) < 4.78 is 47.5. The SMILES string of the molecule is O=C(C[C@]1(COc2ccccc2)CCCN(S(=O)(=O)c2ccc(F)cc2)C1)N1CCCCC1. The lowest BCUT2D eigenvalue weighted by Crippen LogP contribution is -2.51. The van der Waals surface area contributed by atoms with Crippen LogP contribution in [0.3, 0.4) is 0 Å². The third-order valence-electron chi connectivity index (χ3n) is 6.60. The summed E-state index contributed by atoms with van der Waals surface area (Å²) in [7, 11) is -3.81. The van der Waals surface area contributed by atoms with E-state index in [9.17, 15) is 17.6 Å². The lowest BCUT2D eigenvalue weighted by Gasteiger charge is -2.42. The van der Waals surface area contributed by atoms with Gasteiger partial charge in [-0.15, -0.1) is 0 Å². The maximum absolute atomic E-state index is 13.4. The second kappa shape index (κ2) is 10.2. The predicted octanol–water partition coefficient (Wildman–Crippen LogP) is 4.08. The molecule has 1 atom stereocenters. The number of nitrogens with zero attached hydrogens (tertiary/aromatic N) is 2. The van der Waals surface area contributed by atoms with E-state index in [1.807, 2.05) is 35.2 Å². The molecule has 2 aliphatic heterocycles. The quantitative estimate of drug-likeness (QED) is 0.607. The van der Waals surface area contributed by atoms with Gasteiger partial charge in [-0.1, -0.05) is 18.2 Å². The molecular formula is C25H31FN2O4S. The van der Waals surface area contributed by atoms with Crippen molar-refractivity contribution in [3.8, 4) is 5.75 Å². The number of carbonyl (C=O) groups is 1. The molecule has 1 amide bonds. The maximum Gasteiger partial charge on any atom is 0.243 e. The van der Waals surface area contributed by atoms with Crippen molar-refractivity contribution in [1.82, 2.24) is 9.21 Å². The van der Waals surface area contributed by atoms with Gasteiger partial charge in [0.1, 0.15) is 11.6 Å². The number of sulfonamides is 1. The standard InChI is InChI=1S/C25H31FN2O4S/c26-21-10-12-23(13-11-21)33(30,31)28-17-7-14-25(19-28,20-32-22-8-3-1-4-9-22)18-24(29)27-15-5-2-6-16-27/h1,3-4,8-13H,2,5-7,14-20H2/t25-/m1/s1. The highest BCUT2D eigenvalue weighted by molar-refractivity contribution is 7.89. The Hall–Kier alpha value is -2.45. The predicted molar refractivity (Wildman–Crippen MR) is 124 cm³/mol. The molecule has 0 spiro atoms. The Bertz CT molecular complexity index is 1040. The van der Waals surface area contributed by atoms with Gasteiger partial charge in [0.25, 0.3) is 0 Å². The molecule has 0 unspecified atom stereocenters. The normalized spacial score (nSPS) is 22.2. The highest BCUT2D eigenvalue weighted by Crippen LogP contribution is 2.37. The van der Waals surface area contributed by atoms with Gasteiger partial charge >= 0.3 is 0 Å². The van der Waals surface area contributed by atoms with Crippen LogP contribution < -0.4 is 4.74 Å². The van der Waals surface area contributed by atoms with E-state index < -0.39 is 21.3 Å². The Labute approximate surface area is 195 Å². The molecule has 2 saturated heterocycles. The van der Waals surface area contributed by atoms with Gasteiger partial charge in [-0.3, -0.25) is 4.79 Å². The van der Waals surface area contributed by atoms with Gasteiger partial charge < -0.3 is 9.64 Å². The molecule has 0 aromatic heterocycles. The molecule has 2 aliphatic rings. The summed E-state index contributed by atoms with van der Waals surface area (Å²) in [4.78, 5) is 15.2. The summed E-state index contributed by atoms with van der Waals surface area (Å²) in [5.74, 6) is 0.276. The number of hydrogen-bond donors (Lipinski definition) is 0. The van der Waals surface area contributed by atoms with Crippen LogP contribution in [0.1, 0.15) is 38.5 Å². The van der Waals surface area contributed by atoms with Crippen LogP contribution in [0.25, 0.3) is 0 Å². The van der Waals surface area contributed by atoms with Crippen molar-refractivity contribution in [3.63, 3.8) is 0 Å². The maximum atomic E-state index is 13.4. The lowest BCUT2D eigenvalue weighted by molar-refractivity contribution is -0.136. The molecule has 0 aliphatic carbocycles. The van der Waals surface area contributed by atoms with Gasteiger partial charge in [0.2, 0.25) is 15.9 Å². The molecule has 2 heterocycles. The minimum Gasteiger partial charge on any atom is -0.493 e. The van der Waals surface area contributed by atoms with Crippen LogP contribution in [0.2, 0.25) is 0 Å². The van der Waals surface area contributed by atoms with Crippen LogP contribution in [-0.4, -0.2) is 56.3 Å². The number of amides is 1. The third-order valence-corrected chi connectivity index (χ3v) is 8.46. The molecule has 2 aromatic rings. The lowest BCUT2D eigenvalue weighted by atomic mass is 9.78. The smallest absolute Gasteiger partial charge is 0.243 e. The summed E-state index contributed by atoms with van der Waals surface area (Å²) in [5.41, 5.74) is -0.629. The van der Waals surface area contributed by atoms with E-state index in [2.05, 4.69) is 0 Å². The molecule has 8 heteroatoms. The van der Waals surface area contributed by atoms with Crippen LogP contribution in [-0.2, 0) is 14.8 Å². The Morgan fingerprint density at radius 3 is 2.33 bits per heavy atom. The number of benzene rings is 2. The average Bonchev–Trinajstić information content (AvgIpc) is 2.84. The van der Waals surface area contributed by atoms with Gasteiger partial charge in [0, 0.05) is 38.0 Å². The minimum absolute atomic E-state index is 0.0611. The molecule has 0 N–H and O–H groups in total. The zero-order valence-corrected chi connectivity index (χ0v) is 19.6. The number of rotatable bonds is 7. The molecule has 178 valence electrons. The zero-order valence-electron chi connectivity index (χ0n) is 18.8. The van der Waals surface area contributed by atoms with Crippen molar-refractivity contribution < 1.29 is 22.3 Å². The van der Waals surface area contributed by atoms with Gasteiger partial charge in [0.15, 0.2) is 0 Å². The van der Waals surface area contributed by atoms with E-state index in [0.717, 1.165) is 44.5 Å². The average molecular weight is 475 g/mol. The van der Waals surface area contributed by atoms with Crippen molar-refractivity contribution in [2.75, 3.05) is 32.8 Å². The Morgan fingerprint density at radius 1 is 0.939 bits per heavy atom. The van der Waals surface area contributed by atoms with Crippen LogP contribution in [0, 0.1) is 11.2 Å². The molecule has 0 radical (unpaired) electrons. The number of ether oxygens (including phenoxy) is 1. The van der Waals surface area contributed by atoms with E-state index in [0.29, 0.717) is 25.1 Å². The Balaban J connectivity index is 1.57. The number of halogens is 1. The largest absolute Gasteiger partial charge is 0.493 e. The van der Waals surface area contributed by atoms with Gasteiger partial charge in [-0.2, -0.15) is 4.31 Å². The van der Waals surface area contributed by atoms with Crippen molar-refractivity contribution in [2.24, 2.45) is 5.41 Å².